The van der Waals surface area contributed by atoms with Crippen molar-refractivity contribution in [3.05, 3.63) is 0 Å². The molecule has 0 aliphatic heterocycles. The van der Waals surface area contributed by atoms with E-state index in [0.29, 0.717) is 0 Å². The average Bonchev–Trinajstić information content (AvgIpc) is 2.39. The van der Waals surface area contributed by atoms with Crippen molar-refractivity contribution in [2.24, 2.45) is 0 Å². The highest BCUT2D eigenvalue weighted by Crippen LogP contribution is 2.14. The van der Waals surface area contributed by atoms with E-state index in [1.54, 1.807) is 0 Å². The monoisotopic (exact) mass is 289 g/mol. The maximum Gasteiger partial charge on any atom is 0.0845 e. The number of hydrogen-bond donors (Lipinski definition) is 0. The number of halogens is 1. The molecular weight excluding hydrogens is 254 g/mol. The predicted molar refractivity (Wildman–Crippen MR) is 89.0 cm³/mol. The Labute approximate surface area is 127 Å². The maximum absolute atomic E-state index is 6.18. The van der Waals surface area contributed by atoms with Crippen molar-refractivity contribution in [1.82, 2.24) is 4.90 Å². The highest BCUT2D eigenvalue weighted by Gasteiger charge is 2.05. The lowest BCUT2D eigenvalue weighted by Gasteiger charge is -2.16. The van der Waals surface area contributed by atoms with E-state index in [1.165, 1.54) is 77.0 Å². The molecule has 19 heavy (non-hydrogen) atoms. The molecule has 0 N–H and O–H groups in total. The van der Waals surface area contributed by atoms with Gasteiger partial charge in [0.25, 0.3) is 0 Å². The highest BCUT2D eigenvalue weighted by atomic mass is 35.5. The smallest absolute Gasteiger partial charge is 0.0845 e. The Morgan fingerprint density at radius 1 is 0.684 bits per heavy atom. The van der Waals surface area contributed by atoms with Crippen molar-refractivity contribution in [3.63, 3.8) is 0 Å². The molecule has 1 nitrogen and oxygen atoms in total. The maximum atomic E-state index is 6.18. The molecular formula is C17H36ClN. The Hall–Kier alpha value is 0.250. The fraction of sp³-hybridized carbons (Fsp3) is 1.00. The summed E-state index contributed by atoms with van der Waals surface area (Å²) in [6.45, 7) is 2.28. The number of alkyl halides is 1. The molecule has 0 spiro atoms. The van der Waals surface area contributed by atoms with Crippen molar-refractivity contribution >= 4 is 11.6 Å². The third kappa shape index (κ3) is 14.5. The zero-order chi connectivity index (χ0) is 14.3. The van der Waals surface area contributed by atoms with Gasteiger partial charge in [0.05, 0.1) is 5.50 Å². The lowest BCUT2D eigenvalue weighted by molar-refractivity contribution is 0.351. The van der Waals surface area contributed by atoms with Crippen LogP contribution in [-0.2, 0) is 0 Å². The van der Waals surface area contributed by atoms with Gasteiger partial charge in [0.2, 0.25) is 0 Å². The molecule has 0 aromatic carbocycles. The molecule has 0 rings (SSSR count). The molecule has 0 aliphatic rings. The Bertz CT molecular complexity index is 171. The summed E-state index contributed by atoms with van der Waals surface area (Å²) >= 11 is 6.18. The minimum Gasteiger partial charge on any atom is -0.294 e. The van der Waals surface area contributed by atoms with Crippen molar-refractivity contribution in [2.45, 2.75) is 95.9 Å². The van der Waals surface area contributed by atoms with Crippen LogP contribution in [0.3, 0.4) is 0 Å². The number of hydrogen-bond acceptors (Lipinski definition) is 1. The van der Waals surface area contributed by atoms with E-state index >= 15 is 0 Å². The lowest BCUT2D eigenvalue weighted by Crippen LogP contribution is -2.21. The Balaban J connectivity index is 3.03. The third-order valence-corrected chi connectivity index (χ3v) is 4.46. The summed E-state index contributed by atoms with van der Waals surface area (Å²) < 4.78 is 0. The summed E-state index contributed by atoms with van der Waals surface area (Å²) in [5, 5.41) is 0. The fourth-order valence-electron chi connectivity index (χ4n) is 2.41. The van der Waals surface area contributed by atoms with E-state index in [1.807, 2.05) is 0 Å². The number of nitrogens with zero attached hydrogens (tertiary/aromatic N) is 1. The summed E-state index contributed by atoms with van der Waals surface area (Å²) in [6.07, 6.45) is 18.1. The predicted octanol–water partition coefficient (Wildman–Crippen LogP) is 6.20. The van der Waals surface area contributed by atoms with Gasteiger partial charge < -0.3 is 0 Å². The molecule has 2 heteroatoms. The van der Waals surface area contributed by atoms with Gasteiger partial charge in [-0.25, -0.2) is 0 Å². The van der Waals surface area contributed by atoms with E-state index in [0.717, 1.165) is 6.42 Å². The van der Waals surface area contributed by atoms with E-state index in [4.69, 9.17) is 11.6 Å². The minimum atomic E-state index is 0.225. The third-order valence-electron chi connectivity index (χ3n) is 3.86. The second kappa shape index (κ2) is 14.7. The van der Waals surface area contributed by atoms with Gasteiger partial charge in [-0.15, -0.1) is 11.6 Å². The standard InChI is InChI=1S/C17H36ClN/c1-4-5-6-7-8-9-10-11-12-13-14-15-16-17(18)19(2)3/h17H,4-16H2,1-3H3. The van der Waals surface area contributed by atoms with Gasteiger partial charge in [-0.05, 0) is 20.5 Å². The Morgan fingerprint density at radius 2 is 1.05 bits per heavy atom. The summed E-state index contributed by atoms with van der Waals surface area (Å²) in [5.74, 6) is 0. The Kier molecular flexibility index (Phi) is 14.8. The van der Waals surface area contributed by atoms with Gasteiger partial charge in [0.15, 0.2) is 0 Å². The largest absolute Gasteiger partial charge is 0.294 e. The zero-order valence-corrected chi connectivity index (χ0v) is 14.4. The van der Waals surface area contributed by atoms with Gasteiger partial charge in [-0.1, -0.05) is 84.0 Å². The molecule has 0 aliphatic carbocycles. The first kappa shape index (κ1) is 19.2. The van der Waals surface area contributed by atoms with Crippen LogP contribution in [0.4, 0.5) is 0 Å². The van der Waals surface area contributed by atoms with Crippen LogP contribution in [-0.4, -0.2) is 24.5 Å². The van der Waals surface area contributed by atoms with Crippen LogP contribution in [0.2, 0.25) is 0 Å². The van der Waals surface area contributed by atoms with Crippen LogP contribution < -0.4 is 0 Å². The number of unbranched alkanes of at least 4 members (excludes halogenated alkanes) is 11. The molecule has 0 saturated carbocycles. The number of rotatable bonds is 14. The van der Waals surface area contributed by atoms with Crippen LogP contribution in [0.1, 0.15) is 90.4 Å². The zero-order valence-electron chi connectivity index (χ0n) is 13.6. The van der Waals surface area contributed by atoms with E-state index in [9.17, 15) is 0 Å². The SMILES string of the molecule is CCCCCCCCCCCCCCC(Cl)N(C)C. The molecule has 1 unspecified atom stereocenters. The first-order valence-electron chi connectivity index (χ1n) is 8.49. The summed E-state index contributed by atoms with van der Waals surface area (Å²) in [4.78, 5) is 2.10. The first-order chi connectivity index (χ1) is 9.18. The van der Waals surface area contributed by atoms with Crippen LogP contribution in [0.5, 0.6) is 0 Å². The van der Waals surface area contributed by atoms with Crippen molar-refractivity contribution in [3.8, 4) is 0 Å². The van der Waals surface area contributed by atoms with E-state index in [-0.39, 0.29) is 5.50 Å². The second-order valence-corrected chi connectivity index (χ2v) is 6.58. The van der Waals surface area contributed by atoms with E-state index in [2.05, 4.69) is 25.9 Å². The molecule has 0 radical (unpaired) electrons. The molecule has 0 saturated heterocycles. The highest BCUT2D eigenvalue weighted by molar-refractivity contribution is 6.20. The summed E-state index contributed by atoms with van der Waals surface area (Å²) in [6, 6.07) is 0. The van der Waals surface area contributed by atoms with Crippen molar-refractivity contribution in [2.75, 3.05) is 14.1 Å². The normalized spacial score (nSPS) is 13.1. The molecule has 0 heterocycles. The van der Waals surface area contributed by atoms with Gasteiger partial charge in [0, 0.05) is 0 Å². The molecule has 0 bridgehead atoms. The summed E-state index contributed by atoms with van der Waals surface area (Å²) in [5.41, 5.74) is 0.225. The van der Waals surface area contributed by atoms with Crippen molar-refractivity contribution in [1.29, 1.82) is 0 Å². The first-order valence-corrected chi connectivity index (χ1v) is 8.92. The van der Waals surface area contributed by atoms with Gasteiger partial charge in [-0.3, -0.25) is 4.90 Å². The molecule has 0 amide bonds. The van der Waals surface area contributed by atoms with Crippen LogP contribution in [0.25, 0.3) is 0 Å². The van der Waals surface area contributed by atoms with Crippen LogP contribution >= 0.6 is 11.6 Å². The molecule has 1 atom stereocenters. The quantitative estimate of drug-likeness (QED) is 0.209. The Morgan fingerprint density at radius 3 is 1.42 bits per heavy atom. The lowest BCUT2D eigenvalue weighted by atomic mass is 10.0. The van der Waals surface area contributed by atoms with Gasteiger partial charge in [-0.2, -0.15) is 0 Å². The fourth-order valence-corrected chi connectivity index (χ4v) is 2.57. The van der Waals surface area contributed by atoms with Gasteiger partial charge in [0.1, 0.15) is 0 Å². The molecule has 0 aromatic rings. The molecule has 116 valence electrons. The summed E-state index contributed by atoms with van der Waals surface area (Å²) in [7, 11) is 4.11. The molecule has 0 aromatic heterocycles. The topological polar surface area (TPSA) is 3.24 Å². The average molecular weight is 290 g/mol. The second-order valence-electron chi connectivity index (χ2n) is 6.08. The minimum absolute atomic E-state index is 0.225. The van der Waals surface area contributed by atoms with E-state index < -0.39 is 0 Å². The van der Waals surface area contributed by atoms with Gasteiger partial charge >= 0.3 is 0 Å². The molecule has 0 fully saturated rings. The van der Waals surface area contributed by atoms with Crippen molar-refractivity contribution < 1.29 is 0 Å². The van der Waals surface area contributed by atoms with Crippen LogP contribution in [0, 0.1) is 0 Å². The van der Waals surface area contributed by atoms with Crippen LogP contribution in [0.15, 0.2) is 0 Å².